The van der Waals surface area contributed by atoms with Gasteiger partial charge in [-0.1, -0.05) is 0 Å². The molecular weight excluding hydrogens is 260 g/mol. The fourth-order valence-corrected chi connectivity index (χ4v) is 1.81. The summed E-state index contributed by atoms with van der Waals surface area (Å²) in [5.41, 5.74) is -0.294. The van der Waals surface area contributed by atoms with Gasteiger partial charge in [0, 0.05) is 0 Å². The van der Waals surface area contributed by atoms with Crippen LogP contribution in [0.25, 0.3) is 0 Å². The van der Waals surface area contributed by atoms with Crippen LogP contribution in [-0.4, -0.2) is 48.2 Å². The molecule has 1 aromatic carbocycles. The van der Waals surface area contributed by atoms with Crippen molar-refractivity contribution in [1.29, 1.82) is 0 Å². The third-order valence-corrected chi connectivity index (χ3v) is 2.71. The first-order valence-electron chi connectivity index (χ1n) is 5.60. The molecule has 0 atom stereocenters. The molecule has 2 amide bonds. The maximum atomic E-state index is 13.0. The zero-order valence-corrected chi connectivity index (χ0v) is 9.86. The number of halogens is 2. The standard InChI is InChI=1S/C12H11F2NO4/c13-9-5-7-8(6-10(9)14)12(18)15(11(7)17)1-3-19-4-2-16/h5-6,16H,1-4H2. The maximum Gasteiger partial charge on any atom is 0.261 e. The highest BCUT2D eigenvalue weighted by Crippen LogP contribution is 2.25. The Labute approximate surface area is 107 Å². The zero-order chi connectivity index (χ0) is 14.0. The average molecular weight is 271 g/mol. The van der Waals surface area contributed by atoms with Crippen LogP contribution in [0.3, 0.4) is 0 Å². The van der Waals surface area contributed by atoms with Gasteiger partial charge >= 0.3 is 0 Å². The Kier molecular flexibility index (Phi) is 3.87. The van der Waals surface area contributed by atoms with Gasteiger partial charge in [-0.2, -0.15) is 0 Å². The normalized spacial score (nSPS) is 14.2. The van der Waals surface area contributed by atoms with Crippen LogP contribution in [0.4, 0.5) is 8.78 Å². The van der Waals surface area contributed by atoms with Gasteiger partial charge in [0.1, 0.15) is 0 Å². The topological polar surface area (TPSA) is 66.8 Å². The van der Waals surface area contributed by atoms with E-state index >= 15 is 0 Å². The number of carbonyl (C=O) groups is 2. The number of hydrogen-bond donors (Lipinski definition) is 1. The number of fused-ring (bicyclic) bond motifs is 1. The Hall–Kier alpha value is -1.86. The molecule has 0 saturated carbocycles. The SMILES string of the molecule is O=C1c2cc(F)c(F)cc2C(=O)N1CCOCCO. The van der Waals surface area contributed by atoms with Gasteiger partial charge in [0.15, 0.2) is 11.6 Å². The Morgan fingerprint density at radius 2 is 1.58 bits per heavy atom. The van der Waals surface area contributed by atoms with E-state index in [1.54, 1.807) is 0 Å². The number of hydrogen-bond acceptors (Lipinski definition) is 4. The summed E-state index contributed by atoms with van der Waals surface area (Å²) < 4.78 is 31.0. The van der Waals surface area contributed by atoms with E-state index < -0.39 is 23.4 Å². The number of rotatable bonds is 5. The predicted octanol–water partition coefficient (Wildman–Crippen LogP) is 0.570. The third-order valence-electron chi connectivity index (χ3n) is 2.71. The zero-order valence-electron chi connectivity index (χ0n) is 9.86. The van der Waals surface area contributed by atoms with E-state index in [1.165, 1.54) is 0 Å². The van der Waals surface area contributed by atoms with Crippen molar-refractivity contribution in [2.75, 3.05) is 26.4 Å². The average Bonchev–Trinajstić information content (AvgIpc) is 2.60. The van der Waals surface area contributed by atoms with Gasteiger partial charge in [0.05, 0.1) is 37.5 Å². The molecule has 1 N–H and O–H groups in total. The molecule has 5 nitrogen and oxygen atoms in total. The van der Waals surface area contributed by atoms with Crippen LogP contribution in [0, 0.1) is 11.6 Å². The van der Waals surface area contributed by atoms with Crippen LogP contribution in [0.2, 0.25) is 0 Å². The summed E-state index contributed by atoms with van der Waals surface area (Å²) in [6.45, 7) is -0.0580. The summed E-state index contributed by atoms with van der Waals surface area (Å²) in [7, 11) is 0. The Morgan fingerprint density at radius 1 is 1.05 bits per heavy atom. The highest BCUT2D eigenvalue weighted by molar-refractivity contribution is 6.21. The number of aliphatic hydroxyl groups is 1. The first kappa shape index (κ1) is 13.6. The second-order valence-corrected chi connectivity index (χ2v) is 3.91. The molecule has 0 aliphatic carbocycles. The molecule has 1 aliphatic heterocycles. The Bertz CT molecular complexity index is 492. The largest absolute Gasteiger partial charge is 0.394 e. The molecule has 7 heteroatoms. The van der Waals surface area contributed by atoms with Gasteiger partial charge in [-0.15, -0.1) is 0 Å². The number of nitrogens with zero attached hydrogens (tertiary/aromatic N) is 1. The minimum absolute atomic E-state index is 0.0322. The fraction of sp³-hybridized carbons (Fsp3) is 0.333. The van der Waals surface area contributed by atoms with Crippen LogP contribution in [0.1, 0.15) is 20.7 Å². The van der Waals surface area contributed by atoms with Crippen molar-refractivity contribution in [3.63, 3.8) is 0 Å². The summed E-state index contributed by atoms with van der Waals surface area (Å²) in [5.74, 6) is -3.69. The molecule has 0 bridgehead atoms. The number of amides is 2. The molecular formula is C12H11F2NO4. The van der Waals surface area contributed by atoms with Gasteiger partial charge in [0.25, 0.3) is 11.8 Å². The quantitative estimate of drug-likeness (QED) is 0.628. The molecule has 0 spiro atoms. The molecule has 19 heavy (non-hydrogen) atoms. The van der Waals surface area contributed by atoms with E-state index in [2.05, 4.69) is 0 Å². The maximum absolute atomic E-state index is 13.0. The van der Waals surface area contributed by atoms with Crippen LogP contribution in [0.5, 0.6) is 0 Å². The van der Waals surface area contributed by atoms with E-state index in [0.29, 0.717) is 0 Å². The van der Waals surface area contributed by atoms with Crippen LogP contribution in [-0.2, 0) is 4.74 Å². The van der Waals surface area contributed by atoms with Crippen molar-refractivity contribution in [3.8, 4) is 0 Å². The lowest BCUT2D eigenvalue weighted by Gasteiger charge is -2.13. The lowest BCUT2D eigenvalue weighted by atomic mass is 10.1. The second kappa shape index (κ2) is 5.41. The number of benzene rings is 1. The Balaban J connectivity index is 2.15. The Morgan fingerprint density at radius 3 is 2.05 bits per heavy atom. The minimum Gasteiger partial charge on any atom is -0.394 e. The first-order chi connectivity index (χ1) is 9.06. The summed E-state index contributed by atoms with van der Waals surface area (Å²) in [6, 6.07) is 1.44. The van der Waals surface area contributed by atoms with Gasteiger partial charge in [-0.25, -0.2) is 8.78 Å². The fourth-order valence-electron chi connectivity index (χ4n) is 1.81. The van der Waals surface area contributed by atoms with Crippen LogP contribution < -0.4 is 0 Å². The van der Waals surface area contributed by atoms with E-state index in [9.17, 15) is 18.4 Å². The molecule has 0 aromatic heterocycles. The molecule has 102 valence electrons. The molecule has 0 saturated heterocycles. The van der Waals surface area contributed by atoms with Crippen molar-refractivity contribution in [2.45, 2.75) is 0 Å². The van der Waals surface area contributed by atoms with Crippen molar-refractivity contribution < 1.29 is 28.2 Å². The lowest BCUT2D eigenvalue weighted by molar-refractivity contribution is 0.0514. The third kappa shape index (κ3) is 2.47. The highest BCUT2D eigenvalue weighted by Gasteiger charge is 2.36. The number of ether oxygens (including phenoxy) is 1. The van der Waals surface area contributed by atoms with E-state index in [1.807, 2.05) is 0 Å². The predicted molar refractivity (Wildman–Crippen MR) is 59.6 cm³/mol. The molecule has 0 unspecified atom stereocenters. The second-order valence-electron chi connectivity index (χ2n) is 3.91. The molecule has 1 aliphatic rings. The van der Waals surface area contributed by atoms with Crippen molar-refractivity contribution in [3.05, 3.63) is 34.9 Å². The first-order valence-corrected chi connectivity index (χ1v) is 5.60. The van der Waals surface area contributed by atoms with Gasteiger partial charge < -0.3 is 9.84 Å². The molecule has 2 rings (SSSR count). The van der Waals surface area contributed by atoms with Crippen LogP contribution >= 0.6 is 0 Å². The monoisotopic (exact) mass is 271 g/mol. The van der Waals surface area contributed by atoms with Crippen molar-refractivity contribution >= 4 is 11.8 Å². The molecule has 1 aromatic rings. The summed E-state index contributed by atoms with van der Waals surface area (Å²) in [5, 5.41) is 8.51. The van der Waals surface area contributed by atoms with E-state index in [4.69, 9.17) is 9.84 Å². The number of aliphatic hydroxyl groups excluding tert-OH is 1. The number of imide groups is 1. The van der Waals surface area contributed by atoms with E-state index in [0.717, 1.165) is 17.0 Å². The molecule has 1 heterocycles. The van der Waals surface area contributed by atoms with Crippen molar-refractivity contribution in [1.82, 2.24) is 4.90 Å². The molecule has 0 radical (unpaired) electrons. The highest BCUT2D eigenvalue weighted by atomic mass is 19.2. The summed E-state index contributed by atoms with van der Waals surface area (Å²) >= 11 is 0. The summed E-state index contributed by atoms with van der Waals surface area (Å²) in [6.07, 6.45) is 0. The van der Waals surface area contributed by atoms with E-state index in [-0.39, 0.29) is 37.5 Å². The smallest absolute Gasteiger partial charge is 0.261 e. The van der Waals surface area contributed by atoms with Gasteiger partial charge in [-0.3, -0.25) is 14.5 Å². The minimum atomic E-state index is -1.17. The lowest BCUT2D eigenvalue weighted by Crippen LogP contribution is -2.33. The van der Waals surface area contributed by atoms with Crippen LogP contribution in [0.15, 0.2) is 12.1 Å². The number of carbonyl (C=O) groups excluding carboxylic acids is 2. The van der Waals surface area contributed by atoms with Crippen molar-refractivity contribution in [2.24, 2.45) is 0 Å². The van der Waals surface area contributed by atoms with Gasteiger partial charge in [-0.05, 0) is 12.1 Å². The van der Waals surface area contributed by atoms with Gasteiger partial charge in [0.2, 0.25) is 0 Å². The molecule has 0 fully saturated rings. The summed E-state index contributed by atoms with van der Waals surface area (Å²) in [4.78, 5) is 24.6.